The predicted molar refractivity (Wildman–Crippen MR) is 78.5 cm³/mol. The maximum absolute atomic E-state index is 12.0. The van der Waals surface area contributed by atoms with E-state index in [-0.39, 0.29) is 24.1 Å². The van der Waals surface area contributed by atoms with Crippen molar-refractivity contribution in [1.29, 1.82) is 0 Å². The molecular weight excluding hydrogens is 288 g/mol. The van der Waals surface area contributed by atoms with E-state index in [0.717, 1.165) is 0 Å². The van der Waals surface area contributed by atoms with E-state index in [4.69, 9.17) is 4.84 Å². The Kier molecular flexibility index (Phi) is 4.14. The summed E-state index contributed by atoms with van der Waals surface area (Å²) in [6.45, 7) is 7.71. The number of piperidine rings is 1. The second-order valence-corrected chi connectivity index (χ2v) is 7.22. The first-order valence-corrected chi connectivity index (χ1v) is 7.33. The molecular formula is C15H24N2O5. The number of hydrogen-bond donors (Lipinski definition) is 3. The highest BCUT2D eigenvalue weighted by Crippen LogP contribution is 2.41. The van der Waals surface area contributed by atoms with Crippen molar-refractivity contribution in [2.24, 2.45) is 5.92 Å². The van der Waals surface area contributed by atoms with E-state index >= 15 is 0 Å². The number of carbonyl (C=O) groups is 1. The fourth-order valence-electron chi connectivity index (χ4n) is 3.49. The predicted octanol–water partition coefficient (Wildman–Crippen LogP) is 1.90. The first kappa shape index (κ1) is 16.6. The minimum Gasteiger partial charge on any atom is -0.492 e. The van der Waals surface area contributed by atoms with Gasteiger partial charge in [-0.05, 0) is 46.5 Å². The molecule has 1 fully saturated rings. The van der Waals surface area contributed by atoms with Gasteiger partial charge in [0.05, 0.1) is 6.42 Å². The van der Waals surface area contributed by atoms with Crippen molar-refractivity contribution in [1.82, 2.24) is 9.79 Å². The number of nitrogens with zero attached hydrogens (tertiary/aromatic N) is 2. The van der Waals surface area contributed by atoms with Gasteiger partial charge in [-0.1, -0.05) is 0 Å². The second kappa shape index (κ2) is 5.48. The summed E-state index contributed by atoms with van der Waals surface area (Å²) in [5.41, 5.74) is -0.880. The van der Waals surface area contributed by atoms with Crippen LogP contribution in [0.1, 0.15) is 47.0 Å². The Labute approximate surface area is 129 Å². The standard InChI is InChI=1S/C15H24N2O5/c1-14(2)8-10(9-15(3,4)17(14)21)7-13(20)22-16-11(18)5-6-12(16)19/h5-6,10,18-19,21H,7-9H2,1-4H3. The molecule has 0 unspecified atom stereocenters. The first-order chi connectivity index (χ1) is 10.0. The van der Waals surface area contributed by atoms with Gasteiger partial charge in [-0.15, -0.1) is 4.73 Å². The third-order valence-corrected chi connectivity index (χ3v) is 4.17. The van der Waals surface area contributed by atoms with Crippen LogP contribution >= 0.6 is 0 Å². The quantitative estimate of drug-likeness (QED) is 0.789. The molecule has 0 aliphatic carbocycles. The van der Waals surface area contributed by atoms with Gasteiger partial charge in [0, 0.05) is 23.2 Å². The van der Waals surface area contributed by atoms with Crippen molar-refractivity contribution in [3.05, 3.63) is 12.1 Å². The molecule has 2 heterocycles. The van der Waals surface area contributed by atoms with Crippen LogP contribution < -0.4 is 4.84 Å². The van der Waals surface area contributed by atoms with Crippen LogP contribution in [0.3, 0.4) is 0 Å². The molecule has 0 aromatic carbocycles. The zero-order valence-corrected chi connectivity index (χ0v) is 13.4. The molecule has 0 atom stereocenters. The monoisotopic (exact) mass is 312 g/mol. The van der Waals surface area contributed by atoms with Crippen molar-refractivity contribution >= 4 is 5.97 Å². The Morgan fingerprint density at radius 2 is 1.64 bits per heavy atom. The summed E-state index contributed by atoms with van der Waals surface area (Å²) in [7, 11) is 0. The highest BCUT2D eigenvalue weighted by molar-refractivity contribution is 5.70. The molecule has 1 aromatic rings. The van der Waals surface area contributed by atoms with E-state index < -0.39 is 17.0 Å². The van der Waals surface area contributed by atoms with Crippen molar-refractivity contribution < 1.29 is 25.1 Å². The average Bonchev–Trinajstić information content (AvgIpc) is 2.67. The Morgan fingerprint density at radius 1 is 1.18 bits per heavy atom. The summed E-state index contributed by atoms with van der Waals surface area (Å²) in [6.07, 6.45) is 1.44. The van der Waals surface area contributed by atoms with Crippen LogP contribution in [0.15, 0.2) is 12.1 Å². The van der Waals surface area contributed by atoms with Gasteiger partial charge in [-0.3, -0.25) is 0 Å². The van der Waals surface area contributed by atoms with Gasteiger partial charge >= 0.3 is 5.97 Å². The van der Waals surface area contributed by atoms with Crippen LogP contribution in [0.2, 0.25) is 0 Å². The van der Waals surface area contributed by atoms with Crippen LogP contribution in [0.25, 0.3) is 0 Å². The van der Waals surface area contributed by atoms with Crippen LogP contribution in [0.5, 0.6) is 11.8 Å². The Morgan fingerprint density at radius 3 is 2.09 bits per heavy atom. The summed E-state index contributed by atoms with van der Waals surface area (Å²) in [5, 5.41) is 30.5. The van der Waals surface area contributed by atoms with E-state index in [1.807, 2.05) is 27.7 Å². The molecule has 1 aliphatic heterocycles. The van der Waals surface area contributed by atoms with E-state index in [9.17, 15) is 20.2 Å². The molecule has 1 saturated heterocycles. The van der Waals surface area contributed by atoms with Gasteiger partial charge in [0.2, 0.25) is 11.8 Å². The van der Waals surface area contributed by atoms with E-state index in [0.29, 0.717) is 17.6 Å². The lowest BCUT2D eigenvalue weighted by molar-refractivity contribution is -0.251. The molecule has 7 heteroatoms. The largest absolute Gasteiger partial charge is 0.492 e. The van der Waals surface area contributed by atoms with Gasteiger partial charge in [-0.25, -0.2) is 4.79 Å². The zero-order chi connectivity index (χ0) is 16.7. The van der Waals surface area contributed by atoms with Crippen LogP contribution in [-0.2, 0) is 4.79 Å². The normalized spacial score (nSPS) is 21.7. The topological polar surface area (TPSA) is 95.2 Å². The lowest BCUT2D eigenvalue weighted by Crippen LogP contribution is -2.59. The Balaban J connectivity index is 2.03. The molecule has 0 amide bonds. The molecule has 3 N–H and O–H groups in total. The van der Waals surface area contributed by atoms with Gasteiger partial charge in [0.1, 0.15) is 0 Å². The summed E-state index contributed by atoms with van der Waals surface area (Å²) in [5.74, 6) is -1.17. The van der Waals surface area contributed by atoms with Gasteiger partial charge < -0.3 is 20.3 Å². The van der Waals surface area contributed by atoms with E-state index in [2.05, 4.69) is 0 Å². The second-order valence-electron chi connectivity index (χ2n) is 7.22. The minimum absolute atomic E-state index is 0.0424. The van der Waals surface area contributed by atoms with E-state index in [1.54, 1.807) is 0 Å². The van der Waals surface area contributed by atoms with Crippen LogP contribution in [-0.4, -0.2) is 42.3 Å². The minimum atomic E-state index is -0.537. The maximum atomic E-state index is 12.0. The zero-order valence-electron chi connectivity index (χ0n) is 13.4. The lowest BCUT2D eigenvalue weighted by atomic mass is 9.74. The van der Waals surface area contributed by atoms with Crippen molar-refractivity contribution in [3.8, 4) is 11.8 Å². The average molecular weight is 312 g/mol. The molecule has 2 rings (SSSR count). The Hall–Kier alpha value is -1.73. The van der Waals surface area contributed by atoms with Crippen LogP contribution in [0.4, 0.5) is 0 Å². The fourth-order valence-corrected chi connectivity index (χ4v) is 3.49. The number of aromatic hydroxyl groups is 2. The van der Waals surface area contributed by atoms with Gasteiger partial charge in [0.15, 0.2) is 0 Å². The van der Waals surface area contributed by atoms with E-state index in [1.165, 1.54) is 17.2 Å². The van der Waals surface area contributed by atoms with Crippen molar-refractivity contribution in [3.63, 3.8) is 0 Å². The summed E-state index contributed by atoms with van der Waals surface area (Å²) >= 11 is 0. The molecule has 1 aromatic heterocycles. The third kappa shape index (κ3) is 3.20. The molecule has 0 saturated carbocycles. The van der Waals surface area contributed by atoms with Crippen molar-refractivity contribution in [2.75, 3.05) is 0 Å². The maximum Gasteiger partial charge on any atom is 0.333 e. The molecule has 0 spiro atoms. The van der Waals surface area contributed by atoms with Crippen LogP contribution in [0, 0.1) is 5.92 Å². The van der Waals surface area contributed by atoms with Gasteiger partial charge in [-0.2, -0.15) is 5.06 Å². The number of aromatic nitrogens is 1. The molecule has 124 valence electrons. The Bertz CT molecular complexity index is 527. The number of hydrogen-bond acceptors (Lipinski definition) is 6. The molecule has 22 heavy (non-hydrogen) atoms. The molecule has 0 bridgehead atoms. The fraction of sp³-hybridized carbons (Fsp3) is 0.667. The first-order valence-electron chi connectivity index (χ1n) is 7.33. The van der Waals surface area contributed by atoms with Gasteiger partial charge in [0.25, 0.3) is 0 Å². The molecule has 0 radical (unpaired) electrons. The smallest absolute Gasteiger partial charge is 0.333 e. The molecule has 1 aliphatic rings. The van der Waals surface area contributed by atoms with Crippen molar-refractivity contribution in [2.45, 2.75) is 58.0 Å². The highest BCUT2D eigenvalue weighted by atomic mass is 16.7. The SMILES string of the molecule is CC1(C)CC(CC(=O)On2c(O)ccc2O)CC(C)(C)N1O. The summed E-state index contributed by atoms with van der Waals surface area (Å²) in [6, 6.07) is 2.47. The number of hydroxylamine groups is 2. The lowest BCUT2D eigenvalue weighted by Gasteiger charge is -2.51. The highest BCUT2D eigenvalue weighted by Gasteiger charge is 2.45. The number of rotatable bonds is 3. The summed E-state index contributed by atoms with van der Waals surface area (Å²) < 4.78 is 0.694. The summed E-state index contributed by atoms with van der Waals surface area (Å²) in [4.78, 5) is 17.0. The number of carbonyl (C=O) groups excluding carboxylic acids is 1. The third-order valence-electron chi connectivity index (χ3n) is 4.17. The molecule has 7 nitrogen and oxygen atoms in total.